The van der Waals surface area contributed by atoms with Crippen molar-refractivity contribution < 1.29 is 0 Å². The lowest BCUT2D eigenvalue weighted by Crippen LogP contribution is -2.12. The molecule has 0 radical (unpaired) electrons. The van der Waals surface area contributed by atoms with Crippen molar-refractivity contribution in [1.82, 2.24) is 4.98 Å². The summed E-state index contributed by atoms with van der Waals surface area (Å²) < 4.78 is 0. The van der Waals surface area contributed by atoms with Crippen LogP contribution in [0.1, 0.15) is 57.7 Å². The van der Waals surface area contributed by atoms with Crippen molar-refractivity contribution in [1.29, 1.82) is 0 Å². The molecule has 0 bridgehead atoms. The van der Waals surface area contributed by atoms with Crippen molar-refractivity contribution in [2.45, 2.75) is 58.3 Å². The van der Waals surface area contributed by atoms with Gasteiger partial charge in [0.2, 0.25) is 0 Å². The van der Waals surface area contributed by atoms with Crippen molar-refractivity contribution in [3.05, 3.63) is 77.5 Å². The number of aryl methyl sites for hydroxylation is 1. The molecule has 0 fully saturated rings. The van der Waals surface area contributed by atoms with Crippen LogP contribution >= 0.6 is 0 Å². The summed E-state index contributed by atoms with van der Waals surface area (Å²) in [7, 11) is 0. The summed E-state index contributed by atoms with van der Waals surface area (Å²) in [5.41, 5.74) is 7.08. The maximum absolute atomic E-state index is 4.87. The molecule has 1 nitrogen and oxygen atoms in total. The number of aromatic nitrogens is 1. The van der Waals surface area contributed by atoms with Crippen LogP contribution in [0.15, 0.2) is 60.8 Å². The van der Waals surface area contributed by atoms with Gasteiger partial charge < -0.3 is 0 Å². The van der Waals surface area contributed by atoms with Crippen LogP contribution in [0.25, 0.3) is 32.8 Å². The molecular weight excluding hydrogens is 350 g/mol. The third-order valence-corrected chi connectivity index (χ3v) is 6.73. The van der Waals surface area contributed by atoms with Gasteiger partial charge in [0.15, 0.2) is 0 Å². The third kappa shape index (κ3) is 2.87. The molecule has 0 spiro atoms. The smallest absolute Gasteiger partial charge is 0.0780 e. The molecule has 1 heteroatoms. The first-order valence-corrected chi connectivity index (χ1v) is 10.7. The molecule has 0 N–H and O–H groups in total. The minimum Gasteiger partial charge on any atom is -0.256 e. The lowest BCUT2D eigenvalue weighted by molar-refractivity contribution is 0.522. The summed E-state index contributed by atoms with van der Waals surface area (Å²) in [6.07, 6.45) is 4.38. The lowest BCUT2D eigenvalue weighted by atomic mass is 9.82. The van der Waals surface area contributed by atoms with Gasteiger partial charge in [-0.05, 0) is 74.7 Å². The van der Waals surface area contributed by atoms with Crippen LogP contribution in [0.5, 0.6) is 0 Å². The first-order chi connectivity index (χ1) is 13.8. The molecule has 0 saturated heterocycles. The van der Waals surface area contributed by atoms with Gasteiger partial charge in [-0.2, -0.15) is 0 Å². The SMILES string of the molecule is CC(C)(C)c1cc(-c2nccc3c4c(ccc23)C(C)(C)CC4)cc2ccccc12. The molecule has 0 amide bonds. The van der Waals surface area contributed by atoms with E-state index in [4.69, 9.17) is 4.98 Å². The van der Waals surface area contributed by atoms with Gasteiger partial charge in [0.05, 0.1) is 5.69 Å². The van der Waals surface area contributed by atoms with Gasteiger partial charge >= 0.3 is 0 Å². The highest BCUT2D eigenvalue weighted by Gasteiger charge is 2.31. The van der Waals surface area contributed by atoms with Crippen molar-refractivity contribution in [3.63, 3.8) is 0 Å². The van der Waals surface area contributed by atoms with E-state index in [2.05, 4.69) is 89.2 Å². The fourth-order valence-corrected chi connectivity index (χ4v) is 5.09. The molecule has 0 unspecified atom stereocenters. The Labute approximate surface area is 173 Å². The van der Waals surface area contributed by atoms with E-state index in [0.717, 1.165) is 12.1 Å². The van der Waals surface area contributed by atoms with Gasteiger partial charge in [0, 0.05) is 17.1 Å². The fourth-order valence-electron chi connectivity index (χ4n) is 5.09. The zero-order valence-electron chi connectivity index (χ0n) is 18.1. The van der Waals surface area contributed by atoms with Crippen LogP contribution < -0.4 is 0 Å². The van der Waals surface area contributed by atoms with Crippen molar-refractivity contribution in [2.75, 3.05) is 0 Å². The Morgan fingerprint density at radius 2 is 1.66 bits per heavy atom. The van der Waals surface area contributed by atoms with Crippen LogP contribution in [0.4, 0.5) is 0 Å². The molecule has 146 valence electrons. The number of pyridine rings is 1. The van der Waals surface area contributed by atoms with Gasteiger partial charge in [-0.3, -0.25) is 4.98 Å². The quantitative estimate of drug-likeness (QED) is 0.332. The summed E-state index contributed by atoms with van der Waals surface area (Å²) in [4.78, 5) is 4.87. The lowest BCUT2D eigenvalue weighted by Gasteiger charge is -2.23. The summed E-state index contributed by atoms with van der Waals surface area (Å²) >= 11 is 0. The number of rotatable bonds is 1. The Kier molecular flexibility index (Phi) is 3.90. The average molecular weight is 380 g/mol. The number of benzene rings is 3. The highest BCUT2D eigenvalue weighted by molar-refractivity contribution is 6.00. The topological polar surface area (TPSA) is 12.9 Å². The number of fused-ring (bicyclic) bond motifs is 4. The molecule has 1 aromatic heterocycles. The second-order valence-electron chi connectivity index (χ2n) is 10.2. The van der Waals surface area contributed by atoms with Crippen LogP contribution in [-0.4, -0.2) is 4.98 Å². The standard InChI is InChI=1S/C28H29N/c1-27(2,3)25-17-19(16-18-8-6-7-9-20(18)25)26-23-10-11-24-22(12-14-28(24,4)5)21(23)13-15-29-26/h6-11,13,15-17H,12,14H2,1-5H3. The van der Waals surface area contributed by atoms with E-state index in [1.165, 1.54) is 50.2 Å². The molecule has 0 aliphatic heterocycles. The van der Waals surface area contributed by atoms with E-state index in [1.807, 2.05) is 6.20 Å². The second-order valence-corrected chi connectivity index (χ2v) is 10.2. The summed E-state index contributed by atoms with van der Waals surface area (Å²) in [5, 5.41) is 5.28. The highest BCUT2D eigenvalue weighted by Crippen LogP contribution is 2.43. The normalized spacial score (nSPS) is 15.8. The van der Waals surface area contributed by atoms with Gasteiger partial charge in [-0.25, -0.2) is 0 Å². The molecule has 5 rings (SSSR count). The van der Waals surface area contributed by atoms with Crippen LogP contribution in [-0.2, 0) is 17.3 Å². The molecule has 4 aromatic rings. The minimum absolute atomic E-state index is 0.0749. The Morgan fingerprint density at radius 1 is 0.862 bits per heavy atom. The Hall–Kier alpha value is -2.67. The van der Waals surface area contributed by atoms with Crippen LogP contribution in [0.3, 0.4) is 0 Å². The van der Waals surface area contributed by atoms with E-state index in [-0.39, 0.29) is 10.8 Å². The van der Waals surface area contributed by atoms with E-state index >= 15 is 0 Å². The molecule has 1 heterocycles. The monoisotopic (exact) mass is 379 g/mol. The predicted octanol–water partition coefficient (Wildman–Crippen LogP) is 7.58. The van der Waals surface area contributed by atoms with E-state index in [1.54, 1.807) is 0 Å². The Morgan fingerprint density at radius 3 is 2.45 bits per heavy atom. The average Bonchev–Trinajstić information content (AvgIpc) is 3.01. The van der Waals surface area contributed by atoms with Gasteiger partial charge in [-0.15, -0.1) is 0 Å². The van der Waals surface area contributed by atoms with E-state index < -0.39 is 0 Å². The molecule has 3 aromatic carbocycles. The van der Waals surface area contributed by atoms with Crippen molar-refractivity contribution in [2.24, 2.45) is 0 Å². The minimum atomic E-state index is 0.0749. The van der Waals surface area contributed by atoms with Gasteiger partial charge in [0.1, 0.15) is 0 Å². The fraction of sp³-hybridized carbons (Fsp3) is 0.321. The number of nitrogens with zero attached hydrogens (tertiary/aromatic N) is 1. The van der Waals surface area contributed by atoms with Crippen LogP contribution in [0.2, 0.25) is 0 Å². The maximum atomic E-state index is 4.87. The third-order valence-electron chi connectivity index (χ3n) is 6.73. The summed E-state index contributed by atoms with van der Waals surface area (Å²) in [5.74, 6) is 0. The van der Waals surface area contributed by atoms with E-state index in [9.17, 15) is 0 Å². The summed E-state index contributed by atoms with van der Waals surface area (Å²) in [6, 6.07) is 20.3. The van der Waals surface area contributed by atoms with Crippen LogP contribution in [0, 0.1) is 0 Å². The second kappa shape index (κ2) is 6.16. The molecule has 0 atom stereocenters. The first-order valence-electron chi connectivity index (χ1n) is 10.7. The van der Waals surface area contributed by atoms with E-state index in [0.29, 0.717) is 0 Å². The van der Waals surface area contributed by atoms with Gasteiger partial charge in [0.25, 0.3) is 0 Å². The molecule has 0 saturated carbocycles. The number of hydrogen-bond acceptors (Lipinski definition) is 1. The predicted molar refractivity (Wildman–Crippen MR) is 125 cm³/mol. The zero-order chi connectivity index (χ0) is 20.4. The van der Waals surface area contributed by atoms with Crippen molar-refractivity contribution in [3.8, 4) is 11.3 Å². The largest absolute Gasteiger partial charge is 0.256 e. The maximum Gasteiger partial charge on any atom is 0.0780 e. The Balaban J connectivity index is 1.80. The van der Waals surface area contributed by atoms with Crippen molar-refractivity contribution >= 4 is 21.5 Å². The molecule has 1 aliphatic rings. The number of hydrogen-bond donors (Lipinski definition) is 0. The van der Waals surface area contributed by atoms with Gasteiger partial charge in [-0.1, -0.05) is 71.0 Å². The first kappa shape index (κ1) is 18.4. The Bertz CT molecular complexity index is 1250. The summed E-state index contributed by atoms with van der Waals surface area (Å²) in [6.45, 7) is 11.6. The highest BCUT2D eigenvalue weighted by atomic mass is 14.7. The molecule has 29 heavy (non-hydrogen) atoms. The molecular formula is C28H29N. The molecule has 1 aliphatic carbocycles. The zero-order valence-corrected chi connectivity index (χ0v) is 18.1.